The molecule has 72 valence electrons. The molecule has 0 fully saturated rings. The van der Waals surface area contributed by atoms with Gasteiger partial charge in [0.25, 0.3) is 0 Å². The van der Waals surface area contributed by atoms with E-state index in [4.69, 9.17) is 5.26 Å². The van der Waals surface area contributed by atoms with E-state index in [1.54, 1.807) is 22.7 Å². The van der Waals surface area contributed by atoms with Crippen molar-refractivity contribution in [2.75, 3.05) is 0 Å². The van der Waals surface area contributed by atoms with Crippen molar-refractivity contribution in [3.05, 3.63) is 34.0 Å². The lowest BCUT2D eigenvalue weighted by Crippen LogP contribution is -2.15. The van der Waals surface area contributed by atoms with Crippen LogP contribution in [0.3, 0.4) is 0 Å². The molecular formula is C11H5NOS2. The number of thiophene rings is 2. The maximum Gasteiger partial charge on any atom is 0.186 e. The minimum atomic E-state index is -0.603. The zero-order valence-electron chi connectivity index (χ0n) is 7.56. The molecule has 2 aromatic heterocycles. The molecule has 0 saturated heterocycles. The molecule has 1 atom stereocenters. The Balaban J connectivity index is 2.36. The topological polar surface area (TPSA) is 40.9 Å². The van der Waals surface area contributed by atoms with E-state index in [1.807, 2.05) is 22.9 Å². The van der Waals surface area contributed by atoms with Gasteiger partial charge in [0.1, 0.15) is 5.92 Å². The lowest BCUT2D eigenvalue weighted by molar-refractivity contribution is 0.0978. The van der Waals surface area contributed by atoms with Crippen LogP contribution in [-0.2, 0) is 0 Å². The summed E-state index contributed by atoms with van der Waals surface area (Å²) in [7, 11) is 0. The predicted molar refractivity (Wildman–Crippen MR) is 60.3 cm³/mol. The second-order valence-electron chi connectivity index (χ2n) is 3.29. The molecule has 0 bridgehead atoms. The highest BCUT2D eigenvalue weighted by atomic mass is 32.1. The van der Waals surface area contributed by atoms with Crippen molar-refractivity contribution in [3.63, 3.8) is 0 Å². The lowest BCUT2D eigenvalue weighted by Gasteiger charge is -2.15. The summed E-state index contributed by atoms with van der Waals surface area (Å²) in [5, 5.41) is 12.9. The minimum absolute atomic E-state index is 0.0559. The fourth-order valence-electron chi connectivity index (χ4n) is 1.84. The molecule has 2 aromatic rings. The number of carbonyl (C=O) groups excluding carboxylic acids is 1. The van der Waals surface area contributed by atoms with Crippen LogP contribution in [0, 0.1) is 11.3 Å². The molecule has 0 aliphatic heterocycles. The molecule has 15 heavy (non-hydrogen) atoms. The second-order valence-corrected chi connectivity index (χ2v) is 5.13. The maximum atomic E-state index is 12.0. The molecule has 0 spiro atoms. The van der Waals surface area contributed by atoms with Crippen LogP contribution in [0.5, 0.6) is 0 Å². The first-order valence-electron chi connectivity index (χ1n) is 4.42. The van der Waals surface area contributed by atoms with Crippen molar-refractivity contribution < 1.29 is 4.79 Å². The molecule has 1 aliphatic carbocycles. The van der Waals surface area contributed by atoms with Gasteiger partial charge in [0.15, 0.2) is 5.78 Å². The number of Topliss-reactive ketones (excluding diaryl/α,β-unsaturated/α-hetero) is 1. The monoisotopic (exact) mass is 231 g/mol. The molecule has 2 heterocycles. The minimum Gasteiger partial charge on any atom is -0.292 e. The number of carbonyl (C=O) groups is 1. The van der Waals surface area contributed by atoms with E-state index >= 15 is 0 Å². The van der Waals surface area contributed by atoms with Gasteiger partial charge in [-0.3, -0.25) is 4.79 Å². The lowest BCUT2D eigenvalue weighted by atomic mass is 9.87. The third kappa shape index (κ3) is 1.05. The molecule has 0 aromatic carbocycles. The summed E-state index contributed by atoms with van der Waals surface area (Å²) in [6.07, 6.45) is 0. The molecule has 0 saturated carbocycles. The molecule has 1 aliphatic rings. The van der Waals surface area contributed by atoms with Crippen molar-refractivity contribution in [1.29, 1.82) is 5.26 Å². The zero-order chi connectivity index (χ0) is 10.4. The second kappa shape index (κ2) is 3.02. The van der Waals surface area contributed by atoms with Gasteiger partial charge in [-0.1, -0.05) is 0 Å². The summed E-state index contributed by atoms with van der Waals surface area (Å²) in [6.45, 7) is 0. The van der Waals surface area contributed by atoms with E-state index in [0.29, 0.717) is 5.56 Å². The number of nitrogens with zero attached hydrogens (tertiary/aromatic N) is 1. The van der Waals surface area contributed by atoms with Crippen LogP contribution < -0.4 is 0 Å². The number of hydrogen-bond donors (Lipinski definition) is 0. The van der Waals surface area contributed by atoms with E-state index in [2.05, 4.69) is 6.07 Å². The van der Waals surface area contributed by atoms with Crippen LogP contribution in [-0.4, -0.2) is 5.78 Å². The van der Waals surface area contributed by atoms with Crippen LogP contribution in [0.4, 0.5) is 0 Å². The van der Waals surface area contributed by atoms with Gasteiger partial charge >= 0.3 is 0 Å². The molecule has 0 unspecified atom stereocenters. The quantitative estimate of drug-likeness (QED) is 0.698. The van der Waals surface area contributed by atoms with Gasteiger partial charge in [-0.15, -0.1) is 22.7 Å². The fraction of sp³-hybridized carbons (Fsp3) is 0.0909. The van der Waals surface area contributed by atoms with E-state index in [1.165, 1.54) is 0 Å². The van der Waals surface area contributed by atoms with Crippen molar-refractivity contribution in [1.82, 2.24) is 0 Å². The molecule has 4 heteroatoms. The number of hydrogen-bond acceptors (Lipinski definition) is 4. The van der Waals surface area contributed by atoms with Crippen molar-refractivity contribution in [2.45, 2.75) is 5.92 Å². The van der Waals surface area contributed by atoms with E-state index in [9.17, 15) is 4.79 Å². The van der Waals surface area contributed by atoms with E-state index in [-0.39, 0.29) is 5.78 Å². The third-order valence-electron chi connectivity index (χ3n) is 2.53. The first kappa shape index (κ1) is 8.84. The predicted octanol–water partition coefficient (Wildman–Crippen LogP) is 3.28. The fourth-order valence-corrected chi connectivity index (χ4v) is 3.87. The first-order chi connectivity index (χ1) is 7.33. The summed E-state index contributed by atoms with van der Waals surface area (Å²) >= 11 is 3.17. The summed E-state index contributed by atoms with van der Waals surface area (Å²) < 4.78 is 0. The van der Waals surface area contributed by atoms with Gasteiger partial charge in [-0.2, -0.15) is 5.26 Å². The van der Waals surface area contributed by atoms with Gasteiger partial charge in [0.2, 0.25) is 0 Å². The Kier molecular flexibility index (Phi) is 1.78. The Morgan fingerprint density at radius 3 is 2.73 bits per heavy atom. The van der Waals surface area contributed by atoms with Gasteiger partial charge in [0, 0.05) is 10.4 Å². The number of nitriles is 1. The largest absolute Gasteiger partial charge is 0.292 e. The Hall–Kier alpha value is -1.44. The van der Waals surface area contributed by atoms with Crippen LogP contribution >= 0.6 is 22.7 Å². The molecule has 0 N–H and O–H groups in total. The summed E-state index contributed by atoms with van der Waals surface area (Å²) in [5.41, 5.74) is 1.59. The Labute approximate surface area is 94.4 Å². The summed E-state index contributed by atoms with van der Waals surface area (Å²) in [6, 6.07) is 5.79. The highest BCUT2D eigenvalue weighted by Gasteiger charge is 2.33. The molecule has 3 rings (SSSR count). The third-order valence-corrected chi connectivity index (χ3v) is 4.54. The molecule has 0 amide bonds. The van der Waals surface area contributed by atoms with E-state index in [0.717, 1.165) is 15.3 Å². The standard InChI is InChI=1S/C11H5NOS2/c12-5-8-6-1-3-14-10(6)11-7(9(8)13)2-4-15-11/h1-4,8H/t8-/m0/s1. The number of rotatable bonds is 0. The molecular weight excluding hydrogens is 226 g/mol. The number of fused-ring (bicyclic) bond motifs is 3. The number of ketones is 1. The summed E-state index contributed by atoms with van der Waals surface area (Å²) in [5.74, 6) is -0.659. The van der Waals surface area contributed by atoms with Gasteiger partial charge in [-0.05, 0) is 28.5 Å². The Bertz CT molecular complexity index is 588. The van der Waals surface area contributed by atoms with E-state index < -0.39 is 5.92 Å². The maximum absolute atomic E-state index is 12.0. The average Bonchev–Trinajstić information content (AvgIpc) is 2.84. The van der Waals surface area contributed by atoms with Crippen molar-refractivity contribution in [3.8, 4) is 15.8 Å². The van der Waals surface area contributed by atoms with Gasteiger partial charge in [-0.25, -0.2) is 0 Å². The van der Waals surface area contributed by atoms with Crippen molar-refractivity contribution >= 4 is 28.5 Å². The normalized spacial score (nSPS) is 18.1. The van der Waals surface area contributed by atoms with Crippen LogP contribution in [0.2, 0.25) is 0 Å². The smallest absolute Gasteiger partial charge is 0.186 e. The van der Waals surface area contributed by atoms with Crippen molar-refractivity contribution in [2.24, 2.45) is 0 Å². The summed E-state index contributed by atoms with van der Waals surface area (Å²) in [4.78, 5) is 14.1. The molecule has 2 nitrogen and oxygen atoms in total. The molecule has 0 radical (unpaired) electrons. The Morgan fingerprint density at radius 2 is 1.93 bits per heavy atom. The highest BCUT2D eigenvalue weighted by molar-refractivity contribution is 7.21. The average molecular weight is 231 g/mol. The first-order valence-corrected chi connectivity index (χ1v) is 6.18. The van der Waals surface area contributed by atoms with Crippen LogP contribution in [0.25, 0.3) is 9.75 Å². The zero-order valence-corrected chi connectivity index (χ0v) is 9.19. The van der Waals surface area contributed by atoms with Crippen LogP contribution in [0.15, 0.2) is 22.9 Å². The van der Waals surface area contributed by atoms with Gasteiger partial charge in [0.05, 0.1) is 10.9 Å². The van der Waals surface area contributed by atoms with Crippen LogP contribution in [0.1, 0.15) is 21.8 Å². The highest BCUT2D eigenvalue weighted by Crippen LogP contribution is 2.45. The SMILES string of the molecule is N#C[C@@H]1C(=O)c2ccsc2-c2sccc21. The van der Waals surface area contributed by atoms with Gasteiger partial charge < -0.3 is 0 Å². The Morgan fingerprint density at radius 1 is 1.20 bits per heavy atom.